The Morgan fingerprint density at radius 2 is 1.73 bits per heavy atom. The van der Waals surface area contributed by atoms with Crippen LogP contribution in [0, 0.1) is 5.82 Å². The predicted octanol–water partition coefficient (Wildman–Crippen LogP) is 4.18. The molecule has 0 saturated carbocycles. The van der Waals surface area contributed by atoms with Crippen LogP contribution in [-0.2, 0) is 9.57 Å². The quantitative estimate of drug-likeness (QED) is 0.449. The molecule has 33 heavy (non-hydrogen) atoms. The van der Waals surface area contributed by atoms with Crippen LogP contribution in [-0.4, -0.2) is 73.7 Å². The summed E-state index contributed by atoms with van der Waals surface area (Å²) in [5, 5.41) is 0.724. The van der Waals surface area contributed by atoms with Crippen LogP contribution in [0.3, 0.4) is 0 Å². The fourth-order valence-corrected chi connectivity index (χ4v) is 2.99. The fraction of sp³-hybridized carbons (Fsp3) is 0.619. The molecular weight excluding hydrogens is 452 g/mol. The minimum atomic E-state index is -4.67. The number of rotatable bonds is 6. The lowest BCUT2D eigenvalue weighted by Crippen LogP contribution is -2.44. The van der Waals surface area contributed by atoms with Crippen LogP contribution in [0.15, 0.2) is 12.1 Å². The van der Waals surface area contributed by atoms with Gasteiger partial charge in [-0.05, 0) is 26.8 Å². The van der Waals surface area contributed by atoms with Crippen molar-refractivity contribution in [3.05, 3.63) is 23.5 Å². The number of hydrogen-bond donors (Lipinski definition) is 0. The molecule has 0 aliphatic carbocycles. The highest BCUT2D eigenvalue weighted by Crippen LogP contribution is 2.32. The van der Waals surface area contributed by atoms with Gasteiger partial charge in [-0.25, -0.2) is 14.2 Å². The maximum absolute atomic E-state index is 14.7. The monoisotopic (exact) mass is 480 g/mol. The van der Waals surface area contributed by atoms with Gasteiger partial charge in [-0.1, -0.05) is 0 Å². The van der Waals surface area contributed by atoms with Crippen molar-refractivity contribution in [1.29, 1.82) is 0 Å². The predicted molar refractivity (Wildman–Crippen MR) is 109 cm³/mol. The lowest BCUT2D eigenvalue weighted by atomic mass is 10.1. The Morgan fingerprint density at radius 1 is 1.12 bits per heavy atom. The number of likely N-dealkylation sites (tertiary alicyclic amines) is 1. The smallest absolute Gasteiger partial charge is 0.422 e. The molecule has 8 nitrogen and oxygen atoms in total. The Kier molecular flexibility index (Phi) is 8.39. The van der Waals surface area contributed by atoms with E-state index in [1.807, 2.05) is 0 Å². The molecule has 1 fully saturated rings. The third-order valence-corrected chi connectivity index (χ3v) is 4.60. The van der Waals surface area contributed by atoms with Crippen LogP contribution in [0.5, 0.6) is 11.5 Å². The molecule has 0 bridgehead atoms. The van der Waals surface area contributed by atoms with Crippen molar-refractivity contribution >= 4 is 12.0 Å². The minimum absolute atomic E-state index is 0.299. The molecule has 0 unspecified atom stereocenters. The van der Waals surface area contributed by atoms with Gasteiger partial charge in [0.05, 0.1) is 12.7 Å². The summed E-state index contributed by atoms with van der Waals surface area (Å²) in [5.74, 6) is -2.70. The van der Waals surface area contributed by atoms with Gasteiger partial charge in [0.2, 0.25) is 0 Å². The minimum Gasteiger partial charge on any atom is -0.487 e. The summed E-state index contributed by atoms with van der Waals surface area (Å²) < 4.78 is 68.4. The van der Waals surface area contributed by atoms with E-state index in [9.17, 15) is 27.2 Å². The molecule has 0 atom stereocenters. The summed E-state index contributed by atoms with van der Waals surface area (Å²) in [5.41, 5.74) is -1.09. The van der Waals surface area contributed by atoms with Gasteiger partial charge in [0.15, 0.2) is 18.2 Å². The van der Waals surface area contributed by atoms with Crippen molar-refractivity contribution in [2.24, 2.45) is 0 Å². The lowest BCUT2D eigenvalue weighted by Gasteiger charge is -2.33. The Morgan fingerprint density at radius 3 is 2.24 bits per heavy atom. The lowest BCUT2D eigenvalue weighted by molar-refractivity contribution is -0.153. The van der Waals surface area contributed by atoms with Gasteiger partial charge in [-0.2, -0.15) is 13.2 Å². The zero-order valence-electron chi connectivity index (χ0n) is 19.1. The highest BCUT2D eigenvalue weighted by Gasteiger charge is 2.32. The van der Waals surface area contributed by atoms with Gasteiger partial charge < -0.3 is 19.1 Å². The SMILES string of the molecule is CON(C)C(=O)c1cc(F)c(OC2CCN(C(=O)OC(C)(C)C)CC2)cc1OCC(F)(F)F. The Balaban J connectivity index is 2.15. The molecule has 0 spiro atoms. The molecule has 2 rings (SSSR count). The number of carbonyl (C=O) groups excluding carboxylic acids is 2. The molecule has 1 saturated heterocycles. The van der Waals surface area contributed by atoms with Gasteiger partial charge in [0, 0.05) is 39.0 Å². The van der Waals surface area contributed by atoms with E-state index in [1.165, 1.54) is 19.1 Å². The third-order valence-electron chi connectivity index (χ3n) is 4.60. The number of hydroxylamine groups is 2. The zero-order chi connectivity index (χ0) is 25.0. The first-order valence-corrected chi connectivity index (χ1v) is 10.2. The summed E-state index contributed by atoms with van der Waals surface area (Å²) in [7, 11) is 2.39. The molecule has 1 aliphatic rings. The van der Waals surface area contributed by atoms with Crippen molar-refractivity contribution in [3.63, 3.8) is 0 Å². The van der Waals surface area contributed by atoms with Crippen molar-refractivity contribution in [1.82, 2.24) is 9.96 Å². The van der Waals surface area contributed by atoms with E-state index in [4.69, 9.17) is 19.0 Å². The maximum Gasteiger partial charge on any atom is 0.422 e. The standard InChI is InChI=1S/C21H28F4N2O6/c1-20(2,3)33-19(29)27-8-6-13(7-9-27)32-17-11-16(31-12-21(23,24)25)14(10-15(17)22)18(28)26(4)30-5/h10-11,13H,6-9,12H2,1-5H3. The second-order valence-corrected chi connectivity index (χ2v) is 8.45. The number of ether oxygens (including phenoxy) is 3. The molecule has 186 valence electrons. The second kappa shape index (κ2) is 10.4. The molecule has 1 heterocycles. The number of amides is 2. The van der Waals surface area contributed by atoms with E-state index in [1.54, 1.807) is 20.8 Å². The molecule has 0 N–H and O–H groups in total. The number of halogens is 4. The maximum atomic E-state index is 14.7. The van der Waals surface area contributed by atoms with Gasteiger partial charge in [-0.15, -0.1) is 0 Å². The van der Waals surface area contributed by atoms with Crippen LogP contribution in [0.1, 0.15) is 44.0 Å². The molecule has 1 aromatic rings. The average Bonchev–Trinajstić information content (AvgIpc) is 2.71. The molecule has 0 radical (unpaired) electrons. The molecule has 1 aromatic carbocycles. The summed E-state index contributed by atoms with van der Waals surface area (Å²) in [6, 6.07) is 1.66. The first-order valence-electron chi connectivity index (χ1n) is 10.2. The van der Waals surface area contributed by atoms with E-state index in [-0.39, 0.29) is 5.75 Å². The molecule has 12 heteroatoms. The number of nitrogens with zero attached hydrogens (tertiary/aromatic N) is 2. The van der Waals surface area contributed by atoms with Crippen molar-refractivity contribution < 1.29 is 46.2 Å². The number of carbonyl (C=O) groups is 2. The van der Waals surface area contributed by atoms with Gasteiger partial charge in [0.1, 0.15) is 17.5 Å². The van der Waals surface area contributed by atoms with Gasteiger partial charge in [-0.3, -0.25) is 9.63 Å². The number of piperidine rings is 1. The van der Waals surface area contributed by atoms with Crippen LogP contribution in [0.2, 0.25) is 0 Å². The second-order valence-electron chi connectivity index (χ2n) is 8.45. The van der Waals surface area contributed by atoms with Crippen LogP contribution < -0.4 is 9.47 Å². The number of benzene rings is 1. The number of hydrogen-bond acceptors (Lipinski definition) is 6. The van der Waals surface area contributed by atoms with E-state index >= 15 is 0 Å². The largest absolute Gasteiger partial charge is 0.487 e. The number of alkyl halides is 3. The summed E-state index contributed by atoms with van der Waals surface area (Å²) in [4.78, 5) is 30.7. The first kappa shape index (κ1) is 26.5. The van der Waals surface area contributed by atoms with Crippen LogP contribution >= 0.6 is 0 Å². The van der Waals surface area contributed by atoms with Crippen LogP contribution in [0.4, 0.5) is 22.4 Å². The fourth-order valence-electron chi connectivity index (χ4n) is 2.99. The van der Waals surface area contributed by atoms with E-state index in [2.05, 4.69) is 0 Å². The van der Waals surface area contributed by atoms with Crippen LogP contribution in [0.25, 0.3) is 0 Å². The van der Waals surface area contributed by atoms with Crippen molar-refractivity contribution in [3.8, 4) is 11.5 Å². The summed E-state index contributed by atoms with van der Waals surface area (Å²) in [6.07, 6.45) is -4.94. The summed E-state index contributed by atoms with van der Waals surface area (Å²) >= 11 is 0. The Bertz CT molecular complexity index is 848. The Hall–Kier alpha value is -2.76. The molecule has 0 aromatic heterocycles. The molecular formula is C21H28F4N2O6. The van der Waals surface area contributed by atoms with Crippen molar-refractivity contribution in [2.75, 3.05) is 33.9 Å². The van der Waals surface area contributed by atoms with E-state index < -0.39 is 53.6 Å². The van der Waals surface area contributed by atoms with Gasteiger partial charge in [0.25, 0.3) is 5.91 Å². The Labute approximate surface area is 189 Å². The highest BCUT2D eigenvalue weighted by molar-refractivity contribution is 5.96. The van der Waals surface area contributed by atoms with E-state index in [0.29, 0.717) is 25.9 Å². The third kappa shape index (κ3) is 7.95. The summed E-state index contributed by atoms with van der Waals surface area (Å²) in [6.45, 7) is 4.17. The highest BCUT2D eigenvalue weighted by atomic mass is 19.4. The van der Waals surface area contributed by atoms with Crippen molar-refractivity contribution in [2.45, 2.75) is 51.5 Å². The van der Waals surface area contributed by atoms with Gasteiger partial charge >= 0.3 is 12.3 Å². The zero-order valence-corrected chi connectivity index (χ0v) is 19.1. The molecule has 2 amide bonds. The topological polar surface area (TPSA) is 77.5 Å². The molecule has 1 aliphatic heterocycles. The average molecular weight is 480 g/mol. The normalized spacial score (nSPS) is 15.2. The first-order chi connectivity index (χ1) is 15.2. The van der Waals surface area contributed by atoms with E-state index in [0.717, 1.165) is 17.2 Å².